The maximum atomic E-state index is 14.2. The minimum absolute atomic E-state index is 0.00357. The van der Waals surface area contributed by atoms with Gasteiger partial charge in [0.25, 0.3) is 11.5 Å². The highest BCUT2D eigenvalue weighted by Gasteiger charge is 2.47. The number of aliphatic hydroxyl groups excluding tert-OH is 1. The number of hydrogen-bond donors (Lipinski definition) is 2. The van der Waals surface area contributed by atoms with Crippen molar-refractivity contribution in [2.24, 2.45) is 0 Å². The van der Waals surface area contributed by atoms with Crippen molar-refractivity contribution in [3.05, 3.63) is 69.9 Å². The third kappa shape index (κ3) is 3.22. The Kier molecular flexibility index (Phi) is 4.47. The van der Waals surface area contributed by atoms with Crippen LogP contribution >= 0.6 is 0 Å². The van der Waals surface area contributed by atoms with Gasteiger partial charge in [-0.25, -0.2) is 4.39 Å². The molecule has 5 nitrogen and oxygen atoms in total. The second-order valence-corrected chi connectivity index (χ2v) is 6.83. The van der Waals surface area contributed by atoms with Gasteiger partial charge in [-0.15, -0.1) is 0 Å². The topological polar surface area (TPSA) is 71.3 Å². The second kappa shape index (κ2) is 6.44. The van der Waals surface area contributed by atoms with Crippen molar-refractivity contribution in [1.29, 1.82) is 0 Å². The summed E-state index contributed by atoms with van der Waals surface area (Å²) >= 11 is 0. The Morgan fingerprint density at radius 3 is 2.56 bits per heavy atom. The van der Waals surface area contributed by atoms with Crippen LogP contribution in [0.2, 0.25) is 0 Å². The van der Waals surface area contributed by atoms with E-state index < -0.39 is 23.4 Å². The van der Waals surface area contributed by atoms with Gasteiger partial charge in [-0.3, -0.25) is 9.59 Å². The Hall–Kier alpha value is -2.47. The number of aromatic nitrogens is 1. The summed E-state index contributed by atoms with van der Waals surface area (Å²) in [6.45, 7) is 3.76. The first-order valence-electron chi connectivity index (χ1n) is 8.30. The van der Waals surface area contributed by atoms with Crippen LogP contribution in [-0.2, 0) is 5.54 Å². The van der Waals surface area contributed by atoms with Crippen molar-refractivity contribution in [3.63, 3.8) is 0 Å². The normalized spacial score (nSPS) is 22.5. The molecular formula is C19H21FN2O3. The highest BCUT2D eigenvalue weighted by molar-refractivity contribution is 5.94. The van der Waals surface area contributed by atoms with E-state index in [4.69, 9.17) is 0 Å². The Morgan fingerprint density at radius 2 is 2.00 bits per heavy atom. The number of aliphatic hydroxyl groups is 1. The van der Waals surface area contributed by atoms with Gasteiger partial charge in [-0.2, -0.15) is 0 Å². The Bertz CT molecular complexity index is 854. The molecule has 0 unspecified atom stereocenters. The number of amides is 1. The fraction of sp³-hybridized carbons (Fsp3) is 0.368. The van der Waals surface area contributed by atoms with Gasteiger partial charge in [0.1, 0.15) is 5.82 Å². The van der Waals surface area contributed by atoms with E-state index in [1.54, 1.807) is 30.5 Å². The quantitative estimate of drug-likeness (QED) is 0.894. The van der Waals surface area contributed by atoms with Crippen molar-refractivity contribution >= 4 is 5.91 Å². The number of benzene rings is 1. The number of carbonyl (C=O) groups is 1. The lowest BCUT2D eigenvalue weighted by Gasteiger charge is -2.46. The molecule has 6 heteroatoms. The van der Waals surface area contributed by atoms with E-state index in [-0.39, 0.29) is 30.0 Å². The summed E-state index contributed by atoms with van der Waals surface area (Å²) in [6.07, 6.45) is 1.47. The number of carbonyl (C=O) groups excluding carboxylic acids is 1. The molecule has 1 saturated carbocycles. The molecule has 0 saturated heterocycles. The summed E-state index contributed by atoms with van der Waals surface area (Å²) in [6, 6.07) is 9.06. The SMILES string of the molecule is CC(C)n1ccc(C(=O)NC2(c3ccccc3F)CC(O)C2)cc1=O. The van der Waals surface area contributed by atoms with Gasteiger partial charge >= 0.3 is 0 Å². The molecule has 3 rings (SSSR count). The van der Waals surface area contributed by atoms with Gasteiger partial charge in [-0.1, -0.05) is 18.2 Å². The summed E-state index contributed by atoms with van der Waals surface area (Å²) < 4.78 is 15.7. The largest absolute Gasteiger partial charge is 0.393 e. The Morgan fingerprint density at radius 1 is 1.32 bits per heavy atom. The molecule has 0 atom stereocenters. The van der Waals surface area contributed by atoms with Gasteiger partial charge < -0.3 is 15.0 Å². The summed E-state index contributed by atoms with van der Waals surface area (Å²) in [5.41, 5.74) is -0.645. The molecule has 2 aromatic rings. The van der Waals surface area contributed by atoms with Crippen LogP contribution in [0, 0.1) is 5.82 Å². The maximum absolute atomic E-state index is 14.2. The van der Waals surface area contributed by atoms with Crippen LogP contribution in [0.15, 0.2) is 47.4 Å². The van der Waals surface area contributed by atoms with E-state index in [1.807, 2.05) is 13.8 Å². The van der Waals surface area contributed by atoms with Crippen LogP contribution in [0.5, 0.6) is 0 Å². The number of nitrogens with zero attached hydrogens (tertiary/aromatic N) is 1. The van der Waals surface area contributed by atoms with Gasteiger partial charge in [0, 0.05) is 42.3 Å². The van der Waals surface area contributed by atoms with Crippen LogP contribution in [-0.4, -0.2) is 21.7 Å². The molecular weight excluding hydrogens is 323 g/mol. The van der Waals surface area contributed by atoms with Gasteiger partial charge in [0.15, 0.2) is 0 Å². The van der Waals surface area contributed by atoms with Crippen molar-refractivity contribution in [2.45, 2.75) is 44.4 Å². The zero-order valence-electron chi connectivity index (χ0n) is 14.2. The van der Waals surface area contributed by atoms with E-state index in [1.165, 1.54) is 16.7 Å². The van der Waals surface area contributed by atoms with Crippen molar-refractivity contribution in [3.8, 4) is 0 Å². The highest BCUT2D eigenvalue weighted by Crippen LogP contribution is 2.42. The summed E-state index contributed by atoms with van der Waals surface area (Å²) in [5.74, 6) is -0.881. The number of hydrogen-bond acceptors (Lipinski definition) is 3. The first kappa shape index (κ1) is 17.4. The number of halogens is 1. The molecule has 1 aliphatic rings. The van der Waals surface area contributed by atoms with Crippen molar-refractivity contribution < 1.29 is 14.3 Å². The van der Waals surface area contributed by atoms with Crippen molar-refractivity contribution in [2.75, 3.05) is 0 Å². The molecule has 0 radical (unpaired) electrons. The van der Waals surface area contributed by atoms with E-state index in [0.717, 1.165) is 0 Å². The molecule has 1 fully saturated rings. The maximum Gasteiger partial charge on any atom is 0.252 e. The zero-order valence-corrected chi connectivity index (χ0v) is 14.2. The predicted octanol–water partition coefficient (Wildman–Crippen LogP) is 2.35. The summed E-state index contributed by atoms with van der Waals surface area (Å²) in [4.78, 5) is 24.7. The molecule has 25 heavy (non-hydrogen) atoms. The van der Waals surface area contributed by atoms with E-state index in [0.29, 0.717) is 5.56 Å². The third-order valence-electron chi connectivity index (χ3n) is 4.68. The molecule has 1 aliphatic carbocycles. The zero-order chi connectivity index (χ0) is 18.2. The van der Waals surface area contributed by atoms with Gasteiger partial charge in [-0.05, 0) is 26.0 Å². The van der Waals surface area contributed by atoms with Crippen LogP contribution in [0.1, 0.15) is 48.7 Å². The first-order valence-corrected chi connectivity index (χ1v) is 8.30. The average Bonchev–Trinajstić information content (AvgIpc) is 2.53. The smallest absolute Gasteiger partial charge is 0.252 e. The van der Waals surface area contributed by atoms with E-state index in [2.05, 4.69) is 5.32 Å². The first-order chi connectivity index (χ1) is 11.8. The van der Waals surface area contributed by atoms with Gasteiger partial charge in [0.05, 0.1) is 11.6 Å². The van der Waals surface area contributed by atoms with E-state index in [9.17, 15) is 19.1 Å². The summed E-state index contributed by atoms with van der Waals surface area (Å²) in [7, 11) is 0. The molecule has 1 heterocycles. The molecule has 1 aromatic carbocycles. The Balaban J connectivity index is 1.89. The van der Waals surface area contributed by atoms with Crippen LogP contribution in [0.25, 0.3) is 0 Å². The lowest BCUT2D eigenvalue weighted by atomic mass is 9.69. The van der Waals surface area contributed by atoms with Crippen LogP contribution < -0.4 is 10.9 Å². The molecule has 132 valence electrons. The van der Waals surface area contributed by atoms with E-state index >= 15 is 0 Å². The van der Waals surface area contributed by atoms with Crippen LogP contribution in [0.3, 0.4) is 0 Å². The minimum Gasteiger partial charge on any atom is -0.393 e. The number of rotatable bonds is 4. The predicted molar refractivity (Wildman–Crippen MR) is 91.9 cm³/mol. The lowest BCUT2D eigenvalue weighted by molar-refractivity contribution is -0.000610. The molecule has 0 spiro atoms. The standard InChI is InChI=1S/C19H21FN2O3/c1-12(2)22-8-7-13(9-17(22)24)18(25)21-19(10-14(23)11-19)15-5-3-4-6-16(15)20/h3-9,12,14,23H,10-11H2,1-2H3,(H,21,25). The number of pyridine rings is 1. The second-order valence-electron chi connectivity index (χ2n) is 6.83. The average molecular weight is 344 g/mol. The monoisotopic (exact) mass is 344 g/mol. The fourth-order valence-electron chi connectivity index (χ4n) is 3.33. The Labute approximate surface area is 145 Å². The molecule has 1 aromatic heterocycles. The molecule has 1 amide bonds. The van der Waals surface area contributed by atoms with Crippen molar-refractivity contribution in [1.82, 2.24) is 9.88 Å². The van der Waals surface area contributed by atoms with Gasteiger partial charge in [0.2, 0.25) is 0 Å². The number of nitrogens with one attached hydrogen (secondary N) is 1. The summed E-state index contributed by atoms with van der Waals surface area (Å²) in [5, 5.41) is 12.6. The molecule has 0 aliphatic heterocycles. The highest BCUT2D eigenvalue weighted by atomic mass is 19.1. The lowest BCUT2D eigenvalue weighted by Crippen LogP contribution is -2.57. The molecule has 0 bridgehead atoms. The fourth-order valence-corrected chi connectivity index (χ4v) is 3.33. The minimum atomic E-state index is -0.950. The van der Waals surface area contributed by atoms with Crippen LogP contribution in [0.4, 0.5) is 4.39 Å². The third-order valence-corrected chi connectivity index (χ3v) is 4.68. The molecule has 2 N–H and O–H groups in total.